The molecule has 3 rings (SSSR count). The second-order valence-corrected chi connectivity index (χ2v) is 5.15. The van der Waals surface area contributed by atoms with Crippen molar-refractivity contribution in [3.63, 3.8) is 0 Å². The number of esters is 1. The van der Waals surface area contributed by atoms with E-state index in [-0.39, 0.29) is 11.6 Å². The summed E-state index contributed by atoms with van der Waals surface area (Å²) in [5, 5.41) is 11.8. The lowest BCUT2D eigenvalue weighted by Crippen LogP contribution is -2.03. The average molecular weight is 348 g/mol. The van der Waals surface area contributed by atoms with Gasteiger partial charge in [-0.3, -0.25) is 0 Å². The molecule has 1 heterocycles. The van der Waals surface area contributed by atoms with Gasteiger partial charge in [0.25, 0.3) is 5.88 Å². The molecule has 21 heavy (non-hydrogen) atoms. The molecular weight excluding hydrogens is 338 g/mol. The van der Waals surface area contributed by atoms with Crippen molar-refractivity contribution in [3.8, 4) is 11.6 Å². The molecule has 0 fully saturated rings. The summed E-state index contributed by atoms with van der Waals surface area (Å²) in [6.45, 7) is 0. The number of methoxy groups -OCH3 is 1. The zero-order valence-electron chi connectivity index (χ0n) is 11.0. The molecule has 0 aliphatic carbocycles. The smallest absolute Gasteiger partial charge is 0.361 e. The number of aromatic nitrogens is 3. The topological polar surface area (TPSA) is 77.1 Å². The summed E-state index contributed by atoms with van der Waals surface area (Å²) in [6.07, 6.45) is 0. The van der Waals surface area contributed by atoms with E-state index in [4.69, 9.17) is 4.74 Å². The summed E-state index contributed by atoms with van der Waals surface area (Å²) in [4.78, 5) is 11.5. The minimum Gasteiger partial charge on any atom is -0.464 e. The number of rotatable bonds is 3. The molecule has 0 saturated heterocycles. The van der Waals surface area contributed by atoms with Crippen molar-refractivity contribution < 1.29 is 14.3 Å². The van der Waals surface area contributed by atoms with Crippen LogP contribution in [0.25, 0.3) is 10.8 Å². The molecule has 2 aromatic carbocycles. The molecule has 0 aliphatic heterocycles. The van der Waals surface area contributed by atoms with Gasteiger partial charge in [0.1, 0.15) is 5.75 Å². The fourth-order valence-corrected chi connectivity index (χ4v) is 2.27. The van der Waals surface area contributed by atoms with Crippen LogP contribution in [0, 0.1) is 0 Å². The fraction of sp³-hybridized carbons (Fsp3) is 0.0714. The van der Waals surface area contributed by atoms with Crippen molar-refractivity contribution >= 4 is 32.7 Å². The highest BCUT2D eigenvalue weighted by atomic mass is 79.9. The monoisotopic (exact) mass is 347 g/mol. The summed E-state index contributed by atoms with van der Waals surface area (Å²) in [6, 6.07) is 11.5. The van der Waals surface area contributed by atoms with Crippen molar-refractivity contribution in [1.29, 1.82) is 0 Å². The Labute approximate surface area is 128 Å². The molecule has 1 N–H and O–H groups in total. The maximum atomic E-state index is 11.5. The zero-order chi connectivity index (χ0) is 14.8. The van der Waals surface area contributed by atoms with E-state index in [0.29, 0.717) is 5.75 Å². The van der Waals surface area contributed by atoms with Crippen molar-refractivity contribution in [2.45, 2.75) is 0 Å². The summed E-state index contributed by atoms with van der Waals surface area (Å²) >= 11 is 3.43. The third-order valence-corrected chi connectivity index (χ3v) is 3.39. The predicted molar refractivity (Wildman–Crippen MR) is 79.4 cm³/mol. The fourth-order valence-electron chi connectivity index (χ4n) is 1.89. The Morgan fingerprint density at radius 1 is 1.19 bits per heavy atom. The molecule has 7 heteroatoms. The highest BCUT2D eigenvalue weighted by molar-refractivity contribution is 9.10. The summed E-state index contributed by atoms with van der Waals surface area (Å²) in [7, 11) is 1.28. The normalized spacial score (nSPS) is 10.6. The number of ether oxygens (including phenoxy) is 2. The van der Waals surface area contributed by atoms with Crippen molar-refractivity contribution in [2.24, 2.45) is 0 Å². The molecule has 6 nitrogen and oxygen atoms in total. The van der Waals surface area contributed by atoms with Crippen LogP contribution in [0.5, 0.6) is 11.6 Å². The first kappa shape index (κ1) is 13.6. The number of benzene rings is 2. The van der Waals surface area contributed by atoms with Gasteiger partial charge in [0, 0.05) is 4.47 Å². The lowest BCUT2D eigenvalue weighted by Gasteiger charge is -2.05. The van der Waals surface area contributed by atoms with Crippen LogP contribution in [-0.2, 0) is 4.74 Å². The van der Waals surface area contributed by atoms with E-state index in [0.717, 1.165) is 15.2 Å². The second-order valence-electron chi connectivity index (χ2n) is 4.24. The first-order valence-electron chi connectivity index (χ1n) is 6.04. The Kier molecular flexibility index (Phi) is 3.57. The number of carbonyl (C=O) groups excluding carboxylic acids is 1. The molecule has 0 atom stereocenters. The van der Waals surface area contributed by atoms with E-state index in [1.54, 1.807) is 6.07 Å². The van der Waals surface area contributed by atoms with Gasteiger partial charge in [-0.05, 0) is 35.0 Å². The van der Waals surface area contributed by atoms with E-state index in [2.05, 4.69) is 36.1 Å². The molecule has 1 aromatic heterocycles. The Hall–Kier alpha value is -2.41. The van der Waals surface area contributed by atoms with Crippen LogP contribution in [0.15, 0.2) is 40.9 Å². The number of aromatic amines is 1. The molecular formula is C14H10BrN3O3. The summed E-state index contributed by atoms with van der Waals surface area (Å²) in [5.41, 5.74) is 0.0772. The number of nitrogens with one attached hydrogen (secondary N) is 1. The zero-order valence-corrected chi connectivity index (χ0v) is 12.5. The van der Waals surface area contributed by atoms with Crippen LogP contribution in [0.1, 0.15) is 10.5 Å². The average Bonchev–Trinajstić information content (AvgIpc) is 2.94. The Bertz CT molecular complexity index is 816. The van der Waals surface area contributed by atoms with E-state index in [1.165, 1.54) is 7.11 Å². The van der Waals surface area contributed by atoms with Crippen LogP contribution in [0.4, 0.5) is 0 Å². The van der Waals surface area contributed by atoms with Gasteiger partial charge in [-0.1, -0.05) is 38.4 Å². The predicted octanol–water partition coefficient (Wildman–Crippen LogP) is 3.30. The van der Waals surface area contributed by atoms with E-state index >= 15 is 0 Å². The first-order valence-corrected chi connectivity index (χ1v) is 6.83. The van der Waals surface area contributed by atoms with Gasteiger partial charge in [-0.15, -0.1) is 0 Å². The maximum absolute atomic E-state index is 11.5. The van der Waals surface area contributed by atoms with Gasteiger partial charge >= 0.3 is 5.97 Å². The Balaban J connectivity index is 1.93. The van der Waals surface area contributed by atoms with Crippen LogP contribution in [0.3, 0.4) is 0 Å². The third-order valence-electron chi connectivity index (χ3n) is 2.89. The number of hydrogen-bond donors (Lipinski definition) is 1. The van der Waals surface area contributed by atoms with Crippen LogP contribution in [-0.4, -0.2) is 28.5 Å². The van der Waals surface area contributed by atoms with E-state index in [9.17, 15) is 4.79 Å². The first-order chi connectivity index (χ1) is 10.2. The van der Waals surface area contributed by atoms with E-state index in [1.807, 2.05) is 30.3 Å². The van der Waals surface area contributed by atoms with Gasteiger partial charge in [-0.2, -0.15) is 0 Å². The maximum Gasteiger partial charge on any atom is 0.361 e. The largest absolute Gasteiger partial charge is 0.464 e. The van der Waals surface area contributed by atoms with Crippen LogP contribution >= 0.6 is 15.9 Å². The summed E-state index contributed by atoms with van der Waals surface area (Å²) in [5.74, 6) is 0.0573. The molecule has 0 aliphatic rings. The minimum absolute atomic E-state index is 0.0772. The molecule has 106 valence electrons. The number of H-pyrrole nitrogens is 1. The van der Waals surface area contributed by atoms with Crippen LogP contribution < -0.4 is 4.74 Å². The number of nitrogens with zero attached hydrogens (tertiary/aromatic N) is 2. The Morgan fingerprint density at radius 3 is 2.76 bits per heavy atom. The number of carbonyl (C=O) groups is 1. The lowest BCUT2D eigenvalue weighted by molar-refractivity contribution is 0.0591. The van der Waals surface area contributed by atoms with E-state index < -0.39 is 5.97 Å². The third kappa shape index (κ3) is 2.73. The molecule has 0 spiro atoms. The molecule has 0 radical (unpaired) electrons. The summed E-state index contributed by atoms with van der Waals surface area (Å²) < 4.78 is 11.2. The molecule has 3 aromatic rings. The van der Waals surface area contributed by atoms with Crippen molar-refractivity contribution in [3.05, 3.63) is 46.6 Å². The molecule has 0 bridgehead atoms. The number of halogens is 1. The van der Waals surface area contributed by atoms with Gasteiger partial charge in [0.15, 0.2) is 0 Å². The van der Waals surface area contributed by atoms with Crippen molar-refractivity contribution in [2.75, 3.05) is 7.11 Å². The standard InChI is InChI=1S/C14H10BrN3O3/c1-20-14(19)12-13(17-18-16-12)21-11-5-3-8-6-10(15)4-2-9(8)7-11/h2-7H,1H3,(H,16,17,18). The molecule has 0 unspecified atom stereocenters. The van der Waals surface area contributed by atoms with Gasteiger partial charge in [0.05, 0.1) is 7.11 Å². The van der Waals surface area contributed by atoms with Gasteiger partial charge in [-0.25, -0.2) is 9.89 Å². The number of fused-ring (bicyclic) bond motifs is 1. The highest BCUT2D eigenvalue weighted by Crippen LogP contribution is 2.27. The van der Waals surface area contributed by atoms with Gasteiger partial charge < -0.3 is 9.47 Å². The molecule has 0 amide bonds. The lowest BCUT2D eigenvalue weighted by atomic mass is 10.1. The Morgan fingerprint density at radius 2 is 1.95 bits per heavy atom. The highest BCUT2D eigenvalue weighted by Gasteiger charge is 2.18. The molecule has 0 saturated carbocycles. The quantitative estimate of drug-likeness (QED) is 0.735. The minimum atomic E-state index is -0.584. The number of hydrogen-bond acceptors (Lipinski definition) is 5. The van der Waals surface area contributed by atoms with Crippen LogP contribution in [0.2, 0.25) is 0 Å². The van der Waals surface area contributed by atoms with Gasteiger partial charge in [0.2, 0.25) is 5.69 Å². The van der Waals surface area contributed by atoms with Crippen molar-refractivity contribution in [1.82, 2.24) is 15.4 Å². The SMILES string of the molecule is COC(=O)c1[nH]nnc1Oc1ccc2cc(Br)ccc2c1. The second kappa shape index (κ2) is 5.53.